The molecular weight excluding hydrogens is 182 g/mol. The lowest BCUT2D eigenvalue weighted by Gasteiger charge is -2.15. The maximum Gasteiger partial charge on any atom is 0.168 e. The molecule has 0 bridgehead atoms. The average Bonchev–Trinajstić information content (AvgIpc) is 2.27. The van der Waals surface area contributed by atoms with Gasteiger partial charge in [0.25, 0.3) is 0 Å². The number of rotatable bonds is 2. The van der Waals surface area contributed by atoms with Crippen molar-refractivity contribution >= 4 is 6.21 Å². The Balaban J connectivity index is 2.50. The quantitative estimate of drug-likeness (QED) is 0.716. The molecule has 0 fully saturated rings. The molecule has 4 heteroatoms. The molecule has 0 aliphatic carbocycles. The maximum absolute atomic E-state index is 5.23. The molecule has 0 aromatic heterocycles. The van der Waals surface area contributed by atoms with Crippen molar-refractivity contribution < 1.29 is 14.3 Å². The lowest BCUT2D eigenvalue weighted by Crippen LogP contribution is -2.03. The second kappa shape index (κ2) is 3.57. The van der Waals surface area contributed by atoms with Crippen molar-refractivity contribution in [1.82, 2.24) is 0 Å². The van der Waals surface area contributed by atoms with Crippen molar-refractivity contribution in [2.45, 2.75) is 6.42 Å². The summed E-state index contributed by atoms with van der Waals surface area (Å²) in [5, 5.41) is 3.73. The van der Waals surface area contributed by atoms with Crippen LogP contribution in [0.3, 0.4) is 0 Å². The van der Waals surface area contributed by atoms with Crippen LogP contribution < -0.4 is 14.3 Å². The molecule has 4 nitrogen and oxygen atoms in total. The van der Waals surface area contributed by atoms with E-state index in [-0.39, 0.29) is 0 Å². The fourth-order valence-electron chi connectivity index (χ4n) is 1.40. The van der Waals surface area contributed by atoms with E-state index in [1.165, 1.54) is 0 Å². The summed E-state index contributed by atoms with van der Waals surface area (Å²) in [6.45, 7) is 0. The SMILES string of the molecule is COc1cc(OC)c2c(c1)ON=CC2. The molecule has 0 radical (unpaired) electrons. The van der Waals surface area contributed by atoms with Gasteiger partial charge in [-0.3, -0.25) is 0 Å². The van der Waals surface area contributed by atoms with Gasteiger partial charge < -0.3 is 14.3 Å². The average molecular weight is 193 g/mol. The summed E-state index contributed by atoms with van der Waals surface area (Å²) >= 11 is 0. The zero-order valence-electron chi connectivity index (χ0n) is 8.11. The third kappa shape index (κ3) is 1.39. The van der Waals surface area contributed by atoms with E-state index >= 15 is 0 Å². The van der Waals surface area contributed by atoms with Gasteiger partial charge in [0, 0.05) is 30.3 Å². The molecule has 0 atom stereocenters. The summed E-state index contributed by atoms with van der Waals surface area (Å²) in [5.41, 5.74) is 1.00. The monoisotopic (exact) mass is 193 g/mol. The molecular formula is C10H11NO3. The fraction of sp³-hybridized carbons (Fsp3) is 0.300. The third-order valence-corrected chi connectivity index (χ3v) is 2.12. The summed E-state index contributed by atoms with van der Waals surface area (Å²) < 4.78 is 10.3. The van der Waals surface area contributed by atoms with E-state index in [1.807, 2.05) is 6.07 Å². The van der Waals surface area contributed by atoms with Gasteiger partial charge in [-0.1, -0.05) is 5.16 Å². The van der Waals surface area contributed by atoms with Gasteiger partial charge in [0.1, 0.15) is 11.5 Å². The Morgan fingerprint density at radius 3 is 2.86 bits per heavy atom. The Hall–Kier alpha value is -1.71. The van der Waals surface area contributed by atoms with E-state index in [2.05, 4.69) is 5.16 Å². The Morgan fingerprint density at radius 2 is 2.14 bits per heavy atom. The largest absolute Gasteiger partial charge is 0.496 e. The zero-order valence-corrected chi connectivity index (χ0v) is 8.11. The van der Waals surface area contributed by atoms with Gasteiger partial charge >= 0.3 is 0 Å². The van der Waals surface area contributed by atoms with Crippen molar-refractivity contribution in [1.29, 1.82) is 0 Å². The van der Waals surface area contributed by atoms with Crippen molar-refractivity contribution in [3.8, 4) is 17.2 Å². The lowest BCUT2D eigenvalue weighted by atomic mass is 10.1. The Morgan fingerprint density at radius 1 is 1.29 bits per heavy atom. The van der Waals surface area contributed by atoms with Crippen LogP contribution in [0.5, 0.6) is 17.2 Å². The standard InChI is InChI=1S/C10H11NO3/c1-12-7-5-9(13-2)8-3-4-11-14-10(8)6-7/h4-6H,3H2,1-2H3. The maximum atomic E-state index is 5.23. The second-order valence-electron chi connectivity index (χ2n) is 2.89. The molecule has 1 heterocycles. The van der Waals surface area contributed by atoms with Crippen LogP contribution in [0, 0.1) is 0 Å². The number of nitrogens with zero attached hydrogens (tertiary/aromatic N) is 1. The third-order valence-electron chi connectivity index (χ3n) is 2.12. The Labute approximate surface area is 82.1 Å². The molecule has 2 rings (SSSR count). The zero-order chi connectivity index (χ0) is 9.97. The molecule has 0 saturated carbocycles. The summed E-state index contributed by atoms with van der Waals surface area (Å²) in [4.78, 5) is 5.12. The van der Waals surface area contributed by atoms with Gasteiger partial charge in [-0.05, 0) is 0 Å². The summed E-state index contributed by atoms with van der Waals surface area (Å²) in [6, 6.07) is 3.63. The summed E-state index contributed by atoms with van der Waals surface area (Å²) in [6.07, 6.45) is 2.43. The number of methoxy groups -OCH3 is 2. The molecule has 0 spiro atoms. The van der Waals surface area contributed by atoms with Crippen molar-refractivity contribution in [3.63, 3.8) is 0 Å². The number of benzene rings is 1. The second-order valence-corrected chi connectivity index (χ2v) is 2.89. The molecule has 1 aromatic rings. The molecule has 0 saturated heterocycles. The molecule has 14 heavy (non-hydrogen) atoms. The van der Waals surface area contributed by atoms with E-state index < -0.39 is 0 Å². The normalized spacial score (nSPS) is 13.0. The van der Waals surface area contributed by atoms with Crippen LogP contribution in [0.1, 0.15) is 5.56 Å². The summed E-state index contributed by atoms with van der Waals surface area (Å²) in [5.74, 6) is 2.17. The van der Waals surface area contributed by atoms with E-state index in [4.69, 9.17) is 14.3 Å². The highest BCUT2D eigenvalue weighted by Crippen LogP contribution is 2.35. The fourth-order valence-corrected chi connectivity index (χ4v) is 1.40. The van der Waals surface area contributed by atoms with Crippen molar-refractivity contribution in [2.24, 2.45) is 5.16 Å². The minimum Gasteiger partial charge on any atom is -0.496 e. The highest BCUT2D eigenvalue weighted by molar-refractivity contribution is 5.68. The first kappa shape index (κ1) is 8.87. The molecule has 1 aromatic carbocycles. The van der Waals surface area contributed by atoms with Crippen LogP contribution in [0.15, 0.2) is 17.3 Å². The van der Waals surface area contributed by atoms with Crippen LogP contribution in [0.4, 0.5) is 0 Å². The minimum atomic E-state index is 0.698. The number of hydrogen-bond acceptors (Lipinski definition) is 4. The minimum absolute atomic E-state index is 0.698. The molecule has 1 aliphatic rings. The predicted octanol–water partition coefficient (Wildman–Crippen LogP) is 1.62. The van der Waals surface area contributed by atoms with Gasteiger partial charge in [-0.25, -0.2) is 0 Å². The molecule has 1 aliphatic heterocycles. The van der Waals surface area contributed by atoms with Crippen LogP contribution in [0.25, 0.3) is 0 Å². The van der Waals surface area contributed by atoms with Gasteiger partial charge in [0.05, 0.1) is 14.2 Å². The lowest BCUT2D eigenvalue weighted by molar-refractivity contribution is 0.321. The van der Waals surface area contributed by atoms with Gasteiger partial charge in [-0.15, -0.1) is 0 Å². The first-order valence-electron chi connectivity index (χ1n) is 4.29. The smallest absolute Gasteiger partial charge is 0.168 e. The number of fused-ring (bicyclic) bond motifs is 1. The van der Waals surface area contributed by atoms with Crippen LogP contribution in [-0.2, 0) is 6.42 Å². The number of oxime groups is 1. The predicted molar refractivity (Wildman–Crippen MR) is 52.4 cm³/mol. The van der Waals surface area contributed by atoms with Crippen LogP contribution >= 0.6 is 0 Å². The van der Waals surface area contributed by atoms with Gasteiger partial charge in [0.2, 0.25) is 0 Å². The van der Waals surface area contributed by atoms with Crippen LogP contribution in [0.2, 0.25) is 0 Å². The Bertz CT molecular complexity index is 374. The highest BCUT2D eigenvalue weighted by Gasteiger charge is 2.15. The van der Waals surface area contributed by atoms with Crippen LogP contribution in [-0.4, -0.2) is 20.4 Å². The highest BCUT2D eigenvalue weighted by atomic mass is 16.6. The van der Waals surface area contributed by atoms with E-state index in [0.717, 1.165) is 17.7 Å². The first-order chi connectivity index (χ1) is 6.85. The van der Waals surface area contributed by atoms with Crippen molar-refractivity contribution in [2.75, 3.05) is 14.2 Å². The van der Waals surface area contributed by atoms with Gasteiger partial charge in [-0.2, -0.15) is 0 Å². The van der Waals surface area contributed by atoms with Crippen molar-refractivity contribution in [3.05, 3.63) is 17.7 Å². The molecule has 0 unspecified atom stereocenters. The topological polar surface area (TPSA) is 40.0 Å². The summed E-state index contributed by atoms with van der Waals surface area (Å²) in [7, 11) is 3.23. The van der Waals surface area contributed by atoms with E-state index in [9.17, 15) is 0 Å². The molecule has 0 N–H and O–H groups in total. The van der Waals surface area contributed by atoms with E-state index in [0.29, 0.717) is 11.5 Å². The van der Waals surface area contributed by atoms with Gasteiger partial charge in [0.15, 0.2) is 5.75 Å². The Kier molecular flexibility index (Phi) is 2.26. The molecule has 74 valence electrons. The first-order valence-corrected chi connectivity index (χ1v) is 4.29. The number of ether oxygens (including phenoxy) is 2. The van der Waals surface area contributed by atoms with E-state index in [1.54, 1.807) is 26.5 Å². The molecule has 0 amide bonds. The number of hydrogen-bond donors (Lipinski definition) is 0.